The molecule has 33 heavy (non-hydrogen) atoms. The van der Waals surface area contributed by atoms with Crippen molar-refractivity contribution in [3.63, 3.8) is 0 Å². The Morgan fingerprint density at radius 3 is 2.24 bits per heavy atom. The molecule has 1 saturated heterocycles. The summed E-state index contributed by atoms with van der Waals surface area (Å²) in [6, 6.07) is 15.1. The number of nitrogens with one attached hydrogen (secondary N) is 1. The summed E-state index contributed by atoms with van der Waals surface area (Å²) in [6.07, 6.45) is 1.13. The minimum atomic E-state index is -0.678. The number of rotatable bonds is 5. The Morgan fingerprint density at radius 2 is 1.61 bits per heavy atom. The van der Waals surface area contributed by atoms with E-state index >= 15 is 0 Å². The maximum Gasteiger partial charge on any atom is 0.247 e. The Labute approximate surface area is 203 Å². The van der Waals surface area contributed by atoms with E-state index in [4.69, 9.17) is 27.9 Å². The summed E-state index contributed by atoms with van der Waals surface area (Å²) in [4.78, 5) is 29.9. The number of benzene rings is 2. The number of halogens is 2. The highest BCUT2D eigenvalue weighted by molar-refractivity contribution is 6.34. The molecule has 7 nitrogen and oxygen atoms in total. The number of anilines is 1. The predicted octanol–water partition coefficient (Wildman–Crippen LogP) is 4.01. The van der Waals surface area contributed by atoms with Crippen LogP contribution < -0.4 is 15.1 Å². The van der Waals surface area contributed by atoms with Crippen LogP contribution >= 0.6 is 23.2 Å². The van der Waals surface area contributed by atoms with Gasteiger partial charge in [0.05, 0.1) is 17.9 Å². The molecular formula is C24H27Cl2N3O4. The van der Waals surface area contributed by atoms with E-state index < -0.39 is 17.7 Å². The summed E-state index contributed by atoms with van der Waals surface area (Å²) in [5.74, 6) is -1.26. The van der Waals surface area contributed by atoms with Gasteiger partial charge in [0, 0.05) is 41.9 Å². The highest BCUT2D eigenvalue weighted by atomic mass is 35.5. The molecule has 0 radical (unpaired) electrons. The molecule has 0 spiro atoms. The van der Waals surface area contributed by atoms with Crippen LogP contribution in [0.25, 0.3) is 0 Å². The van der Waals surface area contributed by atoms with E-state index in [2.05, 4.69) is 17.0 Å². The molecule has 0 aromatic heterocycles. The lowest BCUT2D eigenvalue weighted by Crippen LogP contribution is -2.53. The van der Waals surface area contributed by atoms with Gasteiger partial charge in [0.1, 0.15) is 5.75 Å². The molecule has 2 aromatic rings. The lowest BCUT2D eigenvalue weighted by Gasteiger charge is -2.40. The summed E-state index contributed by atoms with van der Waals surface area (Å²) in [7, 11) is 0. The van der Waals surface area contributed by atoms with Gasteiger partial charge in [0.15, 0.2) is 0 Å². The Hall–Kier alpha value is -2.48. The molecule has 2 N–H and O–H groups in total. The molecule has 0 bridgehead atoms. The van der Waals surface area contributed by atoms with E-state index in [9.17, 15) is 14.8 Å². The molecule has 1 heterocycles. The molecule has 2 aromatic carbocycles. The zero-order valence-electron chi connectivity index (χ0n) is 18.1. The summed E-state index contributed by atoms with van der Waals surface area (Å²) in [5.41, 5.74) is 2.88. The molecule has 2 aliphatic rings. The number of hydrogen-bond donors (Lipinski definition) is 2. The summed E-state index contributed by atoms with van der Waals surface area (Å²) >= 11 is 12.1. The van der Waals surface area contributed by atoms with Crippen molar-refractivity contribution >= 4 is 40.7 Å². The highest BCUT2D eigenvalue weighted by Gasteiger charge is 2.42. The van der Waals surface area contributed by atoms with E-state index in [1.54, 1.807) is 23.7 Å². The zero-order valence-corrected chi connectivity index (χ0v) is 19.6. The number of para-hydroxylation sites is 1. The third kappa shape index (κ3) is 5.72. The van der Waals surface area contributed by atoms with Crippen molar-refractivity contribution in [2.24, 2.45) is 11.8 Å². The number of carbonyl (C=O) groups is 2. The van der Waals surface area contributed by atoms with Gasteiger partial charge in [-0.2, -0.15) is 0 Å². The van der Waals surface area contributed by atoms with Crippen molar-refractivity contribution in [2.75, 3.05) is 31.1 Å². The van der Waals surface area contributed by atoms with Gasteiger partial charge in [-0.25, -0.2) is 5.48 Å². The van der Waals surface area contributed by atoms with Crippen LogP contribution in [0.2, 0.25) is 10.0 Å². The van der Waals surface area contributed by atoms with Crippen molar-refractivity contribution in [1.29, 1.82) is 0 Å². The number of piperazine rings is 1. The van der Waals surface area contributed by atoms with Crippen molar-refractivity contribution < 1.29 is 19.5 Å². The van der Waals surface area contributed by atoms with Crippen LogP contribution in [0.4, 0.5) is 5.69 Å². The predicted molar refractivity (Wildman–Crippen MR) is 127 cm³/mol. The Kier molecular flexibility index (Phi) is 7.63. The van der Waals surface area contributed by atoms with Gasteiger partial charge in [-0.15, -0.1) is 0 Å². The van der Waals surface area contributed by atoms with E-state index in [1.807, 2.05) is 23.1 Å². The van der Waals surface area contributed by atoms with Crippen molar-refractivity contribution in [2.45, 2.75) is 25.4 Å². The largest absolute Gasteiger partial charge is 0.490 e. The lowest BCUT2D eigenvalue weighted by atomic mass is 9.76. The molecule has 2 fully saturated rings. The number of amides is 2. The molecule has 1 unspecified atom stereocenters. The first-order chi connectivity index (χ1) is 15.9. The van der Waals surface area contributed by atoms with Crippen LogP contribution in [-0.2, 0) is 9.59 Å². The molecule has 3 atom stereocenters. The lowest BCUT2D eigenvalue weighted by molar-refractivity contribution is -0.148. The first-order valence-electron chi connectivity index (χ1n) is 11.1. The van der Waals surface area contributed by atoms with Crippen LogP contribution in [0.3, 0.4) is 0 Å². The van der Waals surface area contributed by atoms with E-state index in [-0.39, 0.29) is 12.0 Å². The van der Waals surface area contributed by atoms with Crippen LogP contribution in [0.15, 0.2) is 48.5 Å². The van der Waals surface area contributed by atoms with Crippen molar-refractivity contribution in [1.82, 2.24) is 10.4 Å². The second-order valence-electron chi connectivity index (χ2n) is 8.49. The molecule has 1 saturated carbocycles. The summed E-state index contributed by atoms with van der Waals surface area (Å²) in [5, 5.41) is 10.2. The normalized spacial score (nSPS) is 23.2. The minimum absolute atomic E-state index is 0.0411. The van der Waals surface area contributed by atoms with Crippen LogP contribution in [0.5, 0.6) is 5.75 Å². The fourth-order valence-corrected chi connectivity index (χ4v) is 5.26. The number of hydrogen-bond acceptors (Lipinski definition) is 5. The standard InChI is InChI=1S/C24H27Cl2N3O4/c25-16-12-17(26)14-20(13-16)33-19-6-7-21(22(15-19)23(30)27-32)24(31)29-10-8-28(9-11-29)18-4-2-1-3-5-18/h1-5,12-14,19,21-22,32H,6-11,15H2,(H,27,30)/t19?,21-,22-/m0/s1. The minimum Gasteiger partial charge on any atom is -0.490 e. The summed E-state index contributed by atoms with van der Waals surface area (Å²) in [6.45, 7) is 2.67. The SMILES string of the molecule is O=C(NO)[C@H]1CC(Oc2cc(Cl)cc(Cl)c2)CC[C@@H]1C(=O)N1CCN(c2ccccc2)CC1. The quantitative estimate of drug-likeness (QED) is 0.487. The Bertz CT molecular complexity index is 963. The number of carbonyl (C=O) groups excluding carboxylic acids is 2. The molecule has 176 valence electrons. The van der Waals surface area contributed by atoms with Crippen LogP contribution in [-0.4, -0.2) is 54.2 Å². The van der Waals surface area contributed by atoms with Gasteiger partial charge in [-0.05, 0) is 49.6 Å². The number of ether oxygens (including phenoxy) is 1. The summed E-state index contributed by atoms with van der Waals surface area (Å²) < 4.78 is 6.02. The zero-order chi connectivity index (χ0) is 23.4. The second-order valence-corrected chi connectivity index (χ2v) is 9.37. The molecule has 1 aliphatic heterocycles. The Morgan fingerprint density at radius 1 is 0.939 bits per heavy atom. The van der Waals surface area contributed by atoms with Crippen molar-refractivity contribution in [3.05, 3.63) is 58.6 Å². The van der Waals surface area contributed by atoms with Gasteiger partial charge in [0.25, 0.3) is 0 Å². The van der Waals surface area contributed by atoms with E-state index in [0.717, 1.165) is 18.8 Å². The van der Waals surface area contributed by atoms with Crippen LogP contribution in [0, 0.1) is 11.8 Å². The monoisotopic (exact) mass is 491 g/mol. The van der Waals surface area contributed by atoms with E-state index in [1.165, 1.54) is 0 Å². The third-order valence-corrected chi connectivity index (χ3v) is 6.85. The maximum absolute atomic E-state index is 13.4. The third-order valence-electron chi connectivity index (χ3n) is 6.42. The maximum atomic E-state index is 13.4. The molecule has 9 heteroatoms. The fourth-order valence-electron chi connectivity index (χ4n) is 4.75. The Balaban J connectivity index is 1.39. The average molecular weight is 492 g/mol. The van der Waals surface area contributed by atoms with Gasteiger partial charge in [0.2, 0.25) is 11.8 Å². The van der Waals surface area contributed by atoms with Crippen LogP contribution in [0.1, 0.15) is 19.3 Å². The highest BCUT2D eigenvalue weighted by Crippen LogP contribution is 2.35. The smallest absolute Gasteiger partial charge is 0.247 e. The first-order valence-corrected chi connectivity index (χ1v) is 11.9. The molecular weight excluding hydrogens is 465 g/mol. The first kappa shape index (κ1) is 23.7. The van der Waals surface area contributed by atoms with Gasteiger partial charge >= 0.3 is 0 Å². The van der Waals surface area contributed by atoms with Gasteiger partial charge in [-0.1, -0.05) is 41.4 Å². The average Bonchev–Trinajstić information content (AvgIpc) is 2.83. The number of hydroxylamine groups is 1. The molecule has 1 aliphatic carbocycles. The molecule has 2 amide bonds. The second kappa shape index (κ2) is 10.6. The topological polar surface area (TPSA) is 82.1 Å². The fraction of sp³-hybridized carbons (Fsp3) is 0.417. The van der Waals surface area contributed by atoms with Gasteiger partial charge in [-0.3, -0.25) is 14.8 Å². The van der Waals surface area contributed by atoms with E-state index in [0.29, 0.717) is 48.1 Å². The number of nitrogens with zero attached hydrogens (tertiary/aromatic N) is 2. The van der Waals surface area contributed by atoms with Gasteiger partial charge < -0.3 is 14.5 Å². The van der Waals surface area contributed by atoms with Crippen molar-refractivity contribution in [3.8, 4) is 5.75 Å². The molecule has 4 rings (SSSR count).